The number of H-pyrrole nitrogens is 1. The van der Waals surface area contributed by atoms with Crippen molar-refractivity contribution >= 4 is 28.3 Å². The van der Waals surface area contributed by atoms with Gasteiger partial charge in [0, 0.05) is 35.8 Å². The second-order valence-electron chi connectivity index (χ2n) is 12.1. The SMILES string of the molecule is O=C(c1ccc(-c2ccsc2)c(COc2ccc(-c3nc4cc(-c5nn[nH]n5)ccc4n3C3CCCCC3)cc2)c1)N1CCOCC1. The summed E-state index contributed by atoms with van der Waals surface area (Å²) in [6, 6.07) is 22.9. The van der Waals surface area contributed by atoms with E-state index < -0.39 is 0 Å². The molecule has 2 aliphatic rings. The molecule has 3 aromatic carbocycles. The Hall–Kier alpha value is -4.87. The lowest BCUT2D eigenvalue weighted by atomic mass is 9.95. The zero-order valence-corrected chi connectivity index (χ0v) is 26.8. The van der Waals surface area contributed by atoms with Crippen molar-refractivity contribution in [3.63, 3.8) is 0 Å². The van der Waals surface area contributed by atoms with Crippen molar-refractivity contribution in [2.24, 2.45) is 0 Å². The van der Waals surface area contributed by atoms with Crippen molar-refractivity contribution in [2.75, 3.05) is 26.3 Å². The van der Waals surface area contributed by atoms with Gasteiger partial charge in [-0.3, -0.25) is 4.79 Å². The first-order chi connectivity index (χ1) is 23.2. The van der Waals surface area contributed by atoms with Gasteiger partial charge >= 0.3 is 0 Å². The molecule has 0 radical (unpaired) electrons. The molecule has 0 bridgehead atoms. The van der Waals surface area contributed by atoms with Crippen LogP contribution in [0.25, 0.3) is 44.9 Å². The largest absolute Gasteiger partial charge is 0.489 e. The zero-order chi connectivity index (χ0) is 31.6. The maximum Gasteiger partial charge on any atom is 0.254 e. The van der Waals surface area contributed by atoms with Gasteiger partial charge in [0.15, 0.2) is 0 Å². The summed E-state index contributed by atoms with van der Waals surface area (Å²) in [7, 11) is 0. The summed E-state index contributed by atoms with van der Waals surface area (Å²) in [5.74, 6) is 2.30. The van der Waals surface area contributed by atoms with Gasteiger partial charge in [0.2, 0.25) is 5.82 Å². The number of nitrogens with one attached hydrogen (secondary N) is 1. The van der Waals surface area contributed by atoms with Crippen LogP contribution in [-0.2, 0) is 11.3 Å². The minimum absolute atomic E-state index is 0.0287. The third-order valence-electron chi connectivity index (χ3n) is 9.22. The normalized spacial score (nSPS) is 15.7. The number of aromatic nitrogens is 6. The van der Waals surface area contributed by atoms with Crippen LogP contribution >= 0.6 is 11.3 Å². The van der Waals surface area contributed by atoms with E-state index in [-0.39, 0.29) is 5.91 Å². The average Bonchev–Trinajstić information content (AvgIpc) is 3.93. The molecule has 8 rings (SSSR count). The Balaban J connectivity index is 1.07. The first-order valence-electron chi connectivity index (χ1n) is 16.2. The lowest BCUT2D eigenvalue weighted by Crippen LogP contribution is -2.40. The van der Waals surface area contributed by atoms with E-state index in [2.05, 4.69) is 60.2 Å². The molecule has 1 N–H and O–H groups in total. The molecule has 10 nitrogen and oxygen atoms in total. The highest BCUT2D eigenvalue weighted by Gasteiger charge is 2.24. The predicted octanol–water partition coefficient (Wildman–Crippen LogP) is 7.17. The number of nitrogens with zero attached hydrogens (tertiary/aromatic N) is 6. The van der Waals surface area contributed by atoms with Crippen molar-refractivity contribution in [1.82, 2.24) is 35.1 Å². The zero-order valence-electron chi connectivity index (χ0n) is 26.0. The molecule has 47 heavy (non-hydrogen) atoms. The van der Waals surface area contributed by atoms with Crippen molar-refractivity contribution in [2.45, 2.75) is 44.8 Å². The molecule has 0 unspecified atom stereocenters. The predicted molar refractivity (Wildman–Crippen MR) is 181 cm³/mol. The first-order valence-corrected chi connectivity index (χ1v) is 17.2. The number of hydrogen-bond donors (Lipinski definition) is 1. The van der Waals surface area contributed by atoms with Gasteiger partial charge in [0.1, 0.15) is 18.2 Å². The highest BCUT2D eigenvalue weighted by Crippen LogP contribution is 2.37. The summed E-state index contributed by atoms with van der Waals surface area (Å²) >= 11 is 1.65. The Bertz CT molecular complexity index is 1980. The number of aromatic amines is 1. The summed E-state index contributed by atoms with van der Waals surface area (Å²) in [5.41, 5.74) is 7.80. The molecule has 0 spiro atoms. The number of rotatable bonds is 8. The van der Waals surface area contributed by atoms with Gasteiger partial charge in [-0.2, -0.15) is 16.6 Å². The number of morpholine rings is 1. The summed E-state index contributed by atoms with van der Waals surface area (Å²) in [6.45, 7) is 2.70. The maximum absolute atomic E-state index is 13.3. The fourth-order valence-electron chi connectivity index (χ4n) is 6.79. The van der Waals surface area contributed by atoms with E-state index in [0.29, 0.717) is 50.3 Å². The van der Waals surface area contributed by atoms with Gasteiger partial charge < -0.3 is 18.9 Å². The standard InChI is InChI=1S/C36H35N7O3S/c44-36(42-15-17-45-18-16-42)26-8-12-31(27-14-19-47-23-27)28(20-26)22-46-30-10-6-24(7-11-30)35-37-32-21-25(34-38-40-41-39-34)9-13-33(32)43(35)29-4-2-1-3-5-29/h6-14,19-21,23,29H,1-5,15-18,22H2,(H,38,39,40,41). The second-order valence-corrected chi connectivity index (χ2v) is 12.9. The molecule has 3 aromatic heterocycles. The quantitative estimate of drug-likeness (QED) is 0.187. The lowest BCUT2D eigenvalue weighted by molar-refractivity contribution is 0.0303. The number of ether oxygens (including phenoxy) is 2. The van der Waals surface area contributed by atoms with Crippen LogP contribution in [0.3, 0.4) is 0 Å². The van der Waals surface area contributed by atoms with E-state index in [9.17, 15) is 4.79 Å². The third kappa shape index (κ3) is 6.04. The molecular formula is C36H35N7O3S. The molecule has 2 fully saturated rings. The number of hydrogen-bond acceptors (Lipinski definition) is 8. The van der Waals surface area contributed by atoms with E-state index >= 15 is 0 Å². The number of tetrazole rings is 1. The van der Waals surface area contributed by atoms with E-state index in [1.807, 2.05) is 47.4 Å². The first kappa shape index (κ1) is 29.5. The number of amides is 1. The number of imidazole rings is 1. The van der Waals surface area contributed by atoms with E-state index in [1.165, 1.54) is 19.3 Å². The molecule has 238 valence electrons. The van der Waals surface area contributed by atoms with Crippen molar-refractivity contribution in [3.05, 3.63) is 88.6 Å². The summed E-state index contributed by atoms with van der Waals surface area (Å²) in [4.78, 5) is 20.3. The molecule has 1 aliphatic heterocycles. The number of carbonyl (C=O) groups excluding carboxylic acids is 1. The average molecular weight is 646 g/mol. The Morgan fingerprint density at radius 3 is 2.53 bits per heavy atom. The molecule has 1 aliphatic carbocycles. The van der Waals surface area contributed by atoms with Crippen molar-refractivity contribution in [1.29, 1.82) is 0 Å². The van der Waals surface area contributed by atoms with E-state index in [4.69, 9.17) is 14.5 Å². The van der Waals surface area contributed by atoms with Crippen LogP contribution in [0.2, 0.25) is 0 Å². The Labute approximate surface area is 276 Å². The van der Waals surface area contributed by atoms with Crippen LogP contribution < -0.4 is 4.74 Å². The van der Waals surface area contributed by atoms with Crippen molar-refractivity contribution in [3.8, 4) is 39.7 Å². The highest BCUT2D eigenvalue weighted by molar-refractivity contribution is 7.08. The fraction of sp³-hybridized carbons (Fsp3) is 0.306. The van der Waals surface area contributed by atoms with Gasteiger partial charge in [0.25, 0.3) is 5.91 Å². The van der Waals surface area contributed by atoms with Crippen LogP contribution in [0, 0.1) is 0 Å². The highest BCUT2D eigenvalue weighted by atomic mass is 32.1. The van der Waals surface area contributed by atoms with Crippen LogP contribution in [0.1, 0.15) is 54.1 Å². The molecule has 1 saturated heterocycles. The Morgan fingerprint density at radius 2 is 1.77 bits per heavy atom. The van der Waals surface area contributed by atoms with Crippen LogP contribution in [0.15, 0.2) is 77.5 Å². The Morgan fingerprint density at radius 1 is 0.936 bits per heavy atom. The molecule has 0 atom stereocenters. The number of fused-ring (bicyclic) bond motifs is 1. The van der Waals surface area contributed by atoms with Crippen LogP contribution in [0.5, 0.6) is 5.75 Å². The Kier molecular flexibility index (Phi) is 8.22. The fourth-order valence-corrected chi connectivity index (χ4v) is 7.45. The van der Waals surface area contributed by atoms with Crippen LogP contribution in [0.4, 0.5) is 0 Å². The molecule has 1 saturated carbocycles. The van der Waals surface area contributed by atoms with Crippen LogP contribution in [-0.4, -0.2) is 67.3 Å². The number of benzene rings is 3. The van der Waals surface area contributed by atoms with Gasteiger partial charge in [-0.05, 0) is 106 Å². The molecule has 4 heterocycles. The van der Waals surface area contributed by atoms with Crippen molar-refractivity contribution < 1.29 is 14.3 Å². The summed E-state index contributed by atoms with van der Waals surface area (Å²) < 4.78 is 14.2. The van der Waals surface area contributed by atoms with Gasteiger partial charge in [-0.15, -0.1) is 10.2 Å². The number of carbonyl (C=O) groups is 1. The minimum Gasteiger partial charge on any atom is -0.489 e. The summed E-state index contributed by atoms with van der Waals surface area (Å²) in [6.07, 6.45) is 6.02. The third-order valence-corrected chi connectivity index (χ3v) is 9.91. The van der Waals surface area contributed by atoms with Gasteiger partial charge in [0.05, 0.1) is 24.2 Å². The lowest BCUT2D eigenvalue weighted by Gasteiger charge is -2.27. The summed E-state index contributed by atoms with van der Waals surface area (Å²) in [5, 5.41) is 18.8. The van der Waals surface area contributed by atoms with Gasteiger partial charge in [-0.1, -0.05) is 25.3 Å². The van der Waals surface area contributed by atoms with Gasteiger partial charge in [-0.25, -0.2) is 4.98 Å². The second kappa shape index (κ2) is 13.1. The monoisotopic (exact) mass is 645 g/mol. The number of thiophene rings is 1. The molecular weight excluding hydrogens is 611 g/mol. The smallest absolute Gasteiger partial charge is 0.254 e. The topological polar surface area (TPSA) is 111 Å². The van der Waals surface area contributed by atoms with E-state index in [1.54, 1.807) is 11.3 Å². The molecule has 1 amide bonds. The minimum atomic E-state index is 0.0287. The maximum atomic E-state index is 13.3. The van der Waals surface area contributed by atoms with E-state index in [0.717, 1.165) is 63.3 Å². The molecule has 6 aromatic rings. The molecule has 11 heteroatoms.